The molecule has 55 heavy (non-hydrogen) atoms. The van der Waals surface area contributed by atoms with Gasteiger partial charge in [-0.3, -0.25) is 33.3 Å². The van der Waals surface area contributed by atoms with Crippen LogP contribution in [0.4, 0.5) is 0 Å². The molecule has 4 saturated carbocycles. The summed E-state index contributed by atoms with van der Waals surface area (Å²) in [5.74, 6) is -3.11. The summed E-state index contributed by atoms with van der Waals surface area (Å²) in [5.41, 5.74) is -1.77. The van der Waals surface area contributed by atoms with Gasteiger partial charge in [-0.05, 0) is 81.1 Å². The van der Waals surface area contributed by atoms with Crippen LogP contribution in [0.3, 0.4) is 0 Å². The molecule has 0 spiro atoms. The van der Waals surface area contributed by atoms with Crippen molar-refractivity contribution in [2.45, 2.75) is 119 Å². The molecule has 2 aliphatic heterocycles. The lowest BCUT2D eigenvalue weighted by molar-refractivity contribution is -0.156. The zero-order valence-corrected chi connectivity index (χ0v) is 31.8. The first-order valence-electron chi connectivity index (χ1n) is 19.9. The first kappa shape index (κ1) is 37.5. The van der Waals surface area contributed by atoms with Crippen molar-refractivity contribution in [3.05, 3.63) is 65.5 Å². The standard InChI is InChI=1S/C41H50N4O9S/c1-2-28-23-41(28,40(50)43-55(51,52)30-17-18-30)42-37(47)33-21-29-24-45(33)39(49)32(25-10-3-4-11-25)22-36(46)54-34-16-9-14-26(34)12-7-8-19-44-35(53-29)20-27-13-5-6-15-31(27)38(44)48/h2,5-8,13,15,20,25-26,28-30,32-34H,1,3-4,9-12,14,16-19,21-24H2,(H,42,47)(H,43,50)/b8-7+/t26-,28-,29-,32+,33+,34-,41-/m1/s1. The van der Waals surface area contributed by atoms with Crippen LogP contribution < -0.4 is 20.3 Å². The summed E-state index contributed by atoms with van der Waals surface area (Å²) in [6, 6.07) is 7.95. The number of amides is 3. The quantitative estimate of drug-likeness (QED) is 0.313. The number of pyridine rings is 1. The van der Waals surface area contributed by atoms with Crippen molar-refractivity contribution in [3.8, 4) is 5.88 Å². The van der Waals surface area contributed by atoms with E-state index in [1.165, 1.54) is 11.0 Å². The zero-order chi connectivity index (χ0) is 38.5. The SMILES string of the molecule is C=C[C@@H]1C[C@]1(NC(=O)[C@@H]1C[C@@H]2CN1C(=O)[C@H](C1CCCC1)CC(=O)O[C@@H]1CCC[C@H]1C/C=C/Cn1c(cc3ccccc3c1=O)O2)C(=O)NS(=O)(=O)C1CC1. The smallest absolute Gasteiger partial charge is 0.306 e. The maximum absolute atomic E-state index is 14.8. The minimum Gasteiger partial charge on any atom is -0.473 e. The minimum atomic E-state index is -3.90. The van der Waals surface area contributed by atoms with Crippen molar-refractivity contribution < 1.29 is 37.1 Å². The van der Waals surface area contributed by atoms with Crippen molar-refractivity contribution in [2.75, 3.05) is 6.54 Å². The fourth-order valence-electron chi connectivity index (χ4n) is 9.41. The zero-order valence-electron chi connectivity index (χ0n) is 31.0. The molecule has 3 heterocycles. The van der Waals surface area contributed by atoms with Gasteiger partial charge in [-0.25, -0.2) is 8.42 Å². The number of carbonyl (C=O) groups is 4. The van der Waals surface area contributed by atoms with Gasteiger partial charge in [0.25, 0.3) is 11.5 Å². The van der Waals surface area contributed by atoms with Gasteiger partial charge in [-0.15, -0.1) is 6.58 Å². The highest BCUT2D eigenvalue weighted by molar-refractivity contribution is 7.91. The van der Waals surface area contributed by atoms with Gasteiger partial charge in [0.05, 0.1) is 24.1 Å². The summed E-state index contributed by atoms with van der Waals surface area (Å²) < 4.78 is 42.0. The molecule has 7 atom stereocenters. The lowest BCUT2D eigenvalue weighted by Gasteiger charge is -2.31. The molecule has 3 amide bonds. The molecule has 2 N–H and O–H groups in total. The molecule has 6 aliphatic rings. The summed E-state index contributed by atoms with van der Waals surface area (Å²) in [5, 5.41) is 3.43. The van der Waals surface area contributed by atoms with E-state index in [0.717, 1.165) is 44.9 Å². The van der Waals surface area contributed by atoms with Crippen LogP contribution in [0.25, 0.3) is 10.8 Å². The van der Waals surface area contributed by atoms with Crippen molar-refractivity contribution in [1.82, 2.24) is 19.5 Å². The maximum Gasteiger partial charge on any atom is 0.306 e. The normalized spacial score (nSPS) is 32.1. The highest BCUT2D eigenvalue weighted by Crippen LogP contribution is 2.46. The Balaban J connectivity index is 1.15. The molecule has 1 aromatic heterocycles. The number of nitrogens with one attached hydrogen (secondary N) is 2. The minimum absolute atomic E-state index is 0.00309. The van der Waals surface area contributed by atoms with Gasteiger partial charge in [0, 0.05) is 30.3 Å². The Hall–Kier alpha value is -4.46. The summed E-state index contributed by atoms with van der Waals surface area (Å²) >= 11 is 0. The lowest BCUT2D eigenvalue weighted by Crippen LogP contribution is -2.57. The Morgan fingerprint density at radius 1 is 0.945 bits per heavy atom. The Morgan fingerprint density at radius 2 is 1.71 bits per heavy atom. The van der Waals surface area contributed by atoms with E-state index < -0.39 is 62.6 Å². The highest BCUT2D eigenvalue weighted by Gasteiger charge is 2.62. The van der Waals surface area contributed by atoms with Crippen molar-refractivity contribution >= 4 is 44.5 Å². The number of carbonyl (C=O) groups excluding carboxylic acids is 4. The van der Waals surface area contributed by atoms with Gasteiger partial charge in [-0.2, -0.15) is 0 Å². The number of fused-ring (bicyclic) bond motifs is 5. The molecule has 5 fully saturated rings. The van der Waals surface area contributed by atoms with Crippen LogP contribution in [-0.2, 0) is 40.5 Å². The third-order valence-corrected chi connectivity index (χ3v) is 14.6. The third-order valence-electron chi connectivity index (χ3n) is 12.8. The summed E-state index contributed by atoms with van der Waals surface area (Å²) in [7, 11) is -3.90. The molecule has 14 heteroatoms. The van der Waals surface area contributed by atoms with E-state index in [4.69, 9.17) is 9.47 Å². The van der Waals surface area contributed by atoms with Gasteiger partial charge in [0.2, 0.25) is 21.8 Å². The Bertz CT molecular complexity index is 2090. The van der Waals surface area contributed by atoms with E-state index in [2.05, 4.69) is 16.6 Å². The first-order valence-corrected chi connectivity index (χ1v) is 21.5. The second-order valence-corrected chi connectivity index (χ2v) is 18.4. The number of rotatable bonds is 7. The van der Waals surface area contributed by atoms with Gasteiger partial charge in [0.1, 0.15) is 23.8 Å². The largest absolute Gasteiger partial charge is 0.473 e. The Morgan fingerprint density at radius 3 is 2.45 bits per heavy atom. The van der Waals surface area contributed by atoms with Gasteiger partial charge in [0.15, 0.2) is 5.88 Å². The molecule has 0 radical (unpaired) electrons. The molecule has 2 aromatic rings. The van der Waals surface area contributed by atoms with Crippen LogP contribution in [0.2, 0.25) is 0 Å². The van der Waals surface area contributed by atoms with Gasteiger partial charge in [-0.1, -0.05) is 49.3 Å². The number of sulfonamides is 1. The van der Waals surface area contributed by atoms with Crippen molar-refractivity contribution in [3.63, 3.8) is 0 Å². The van der Waals surface area contributed by atoms with E-state index in [9.17, 15) is 32.4 Å². The van der Waals surface area contributed by atoms with Crippen LogP contribution in [0, 0.1) is 23.7 Å². The summed E-state index contributed by atoms with van der Waals surface area (Å²) in [6.07, 6.45) is 12.2. The molecule has 1 saturated heterocycles. The van der Waals surface area contributed by atoms with Crippen LogP contribution in [0.5, 0.6) is 5.88 Å². The second kappa shape index (κ2) is 14.9. The molecule has 1 aromatic carbocycles. The number of aromatic nitrogens is 1. The van der Waals surface area contributed by atoms with Crippen LogP contribution >= 0.6 is 0 Å². The number of benzene rings is 1. The maximum atomic E-state index is 14.8. The topological polar surface area (TPSA) is 170 Å². The highest BCUT2D eigenvalue weighted by atomic mass is 32.2. The van der Waals surface area contributed by atoms with Gasteiger partial charge < -0.3 is 19.7 Å². The predicted octanol–water partition coefficient (Wildman–Crippen LogP) is 3.89. The molecule has 8 rings (SSSR count). The van der Waals surface area contributed by atoms with Crippen LogP contribution in [-0.4, -0.2) is 77.2 Å². The number of ether oxygens (including phenoxy) is 2. The lowest BCUT2D eigenvalue weighted by atomic mass is 9.86. The number of hydrogen-bond acceptors (Lipinski definition) is 9. The van der Waals surface area contributed by atoms with E-state index >= 15 is 0 Å². The fraction of sp³-hybridized carbons (Fsp3) is 0.585. The van der Waals surface area contributed by atoms with E-state index in [1.54, 1.807) is 16.7 Å². The average molecular weight is 775 g/mol. The molecule has 4 aliphatic carbocycles. The number of hydrogen-bond donors (Lipinski definition) is 2. The van der Waals surface area contributed by atoms with E-state index in [-0.39, 0.29) is 61.8 Å². The van der Waals surface area contributed by atoms with E-state index in [0.29, 0.717) is 35.9 Å². The van der Waals surface area contributed by atoms with Crippen molar-refractivity contribution in [2.24, 2.45) is 23.7 Å². The second-order valence-electron chi connectivity index (χ2n) is 16.4. The molecular formula is C41H50N4O9S. The molecular weight excluding hydrogens is 725 g/mol. The first-order chi connectivity index (χ1) is 26.5. The average Bonchev–Trinajstić information content (AvgIpc) is 3.95. The van der Waals surface area contributed by atoms with Gasteiger partial charge >= 0.3 is 5.97 Å². The summed E-state index contributed by atoms with van der Waals surface area (Å²) in [6.45, 7) is 4.02. The molecule has 2 bridgehead atoms. The van der Waals surface area contributed by atoms with Crippen LogP contribution in [0.15, 0.2) is 59.9 Å². The number of esters is 1. The van der Waals surface area contributed by atoms with Crippen molar-refractivity contribution in [1.29, 1.82) is 0 Å². The monoisotopic (exact) mass is 774 g/mol. The molecule has 294 valence electrons. The van der Waals surface area contributed by atoms with Crippen LogP contribution in [0.1, 0.15) is 83.5 Å². The summed E-state index contributed by atoms with van der Waals surface area (Å²) in [4.78, 5) is 71.9. The number of allylic oxidation sites excluding steroid dienone is 2. The predicted molar refractivity (Wildman–Crippen MR) is 203 cm³/mol. The number of nitrogens with zero attached hydrogens (tertiary/aromatic N) is 2. The Labute approximate surface area is 320 Å². The fourth-order valence-corrected chi connectivity index (χ4v) is 10.8. The van der Waals surface area contributed by atoms with E-state index in [1.807, 2.05) is 30.4 Å². The Kier molecular flexibility index (Phi) is 10.1. The third kappa shape index (κ3) is 7.46. The molecule has 0 unspecified atom stereocenters. The molecule has 13 nitrogen and oxygen atoms in total.